The number of carboxylic acids is 1. The van der Waals surface area contributed by atoms with Gasteiger partial charge in [-0.25, -0.2) is 13.2 Å². The normalized spacial score (nSPS) is 17.6. The van der Waals surface area contributed by atoms with E-state index in [1.54, 1.807) is 36.7 Å². The van der Waals surface area contributed by atoms with Crippen LogP contribution in [0.3, 0.4) is 0 Å². The number of pyridine rings is 1. The summed E-state index contributed by atoms with van der Waals surface area (Å²) in [5, 5.41) is 18.0. The molecule has 0 bridgehead atoms. The number of nitriles is 1. The molecule has 1 unspecified atom stereocenters. The molecule has 3 atom stereocenters. The number of halogens is 3. The number of carbonyl (C=O) groups is 3. The highest BCUT2D eigenvalue weighted by molar-refractivity contribution is 8.00. The molecule has 3 rings (SSSR count). The maximum atomic E-state index is 13.1. The maximum absolute atomic E-state index is 13.1. The summed E-state index contributed by atoms with van der Waals surface area (Å²) in [6.07, 6.45) is 2.60. The number of thioether (sulfide) groups is 1. The molecule has 0 spiro atoms. The van der Waals surface area contributed by atoms with Crippen LogP contribution in [0.25, 0.3) is 0 Å². The highest BCUT2D eigenvalue weighted by Gasteiger charge is 2.38. The Balaban J connectivity index is 0.000000782. The zero-order valence-electron chi connectivity index (χ0n) is 22.4. The number of hydrogen-bond acceptors (Lipinski definition) is 8. The van der Waals surface area contributed by atoms with Crippen molar-refractivity contribution >= 4 is 39.4 Å². The third kappa shape index (κ3) is 11.3. The molecule has 42 heavy (non-hydrogen) atoms. The lowest BCUT2D eigenvalue weighted by Crippen LogP contribution is -2.39. The van der Waals surface area contributed by atoms with Gasteiger partial charge >= 0.3 is 12.1 Å². The van der Waals surface area contributed by atoms with E-state index < -0.39 is 39.1 Å². The molecule has 2 amide bonds. The first kappa shape index (κ1) is 34.6. The van der Waals surface area contributed by atoms with Gasteiger partial charge in [0.05, 0.1) is 22.0 Å². The van der Waals surface area contributed by atoms with Crippen molar-refractivity contribution in [3.05, 3.63) is 54.4 Å². The molecule has 1 aromatic carbocycles. The Hall–Kier alpha value is -3.64. The highest BCUT2D eigenvalue weighted by atomic mass is 32.2. The second kappa shape index (κ2) is 16.1. The highest BCUT2D eigenvalue weighted by Crippen LogP contribution is 2.33. The molecule has 10 nitrogen and oxygen atoms in total. The SMILES string of the molecule is N#CCNC(=O)[C@H]1CCCC[C@@H]1CS(=O)(=O)c1ccc(SC(CCc2ccncc2)C(N)=O)cc1.O=C(O)C(F)(F)F. The van der Waals surface area contributed by atoms with Gasteiger partial charge in [0.25, 0.3) is 0 Å². The van der Waals surface area contributed by atoms with Gasteiger partial charge in [-0.3, -0.25) is 14.6 Å². The number of nitrogens with one attached hydrogen (secondary N) is 1. The van der Waals surface area contributed by atoms with Crippen molar-refractivity contribution in [2.45, 2.75) is 59.7 Å². The standard InChI is InChI=1S/C25H30N4O4S2.C2HF3O2/c26-13-16-29-25(31)22-4-2-1-3-19(22)17-35(32,33)21-8-6-20(7-9-21)34-23(24(27)30)10-5-18-11-14-28-15-12-18;3-2(4,5)1(6)7/h6-9,11-12,14-15,19,22-23H,1-5,10,16-17H2,(H2,27,30)(H,29,31);(H,6,7)/t19-,22+,23?;/m1./s1. The maximum Gasteiger partial charge on any atom is 0.490 e. The number of nitrogens with two attached hydrogens (primary N) is 1. The fourth-order valence-electron chi connectivity index (χ4n) is 4.38. The number of primary amides is 1. The molecule has 228 valence electrons. The van der Waals surface area contributed by atoms with Crippen molar-refractivity contribution < 1.29 is 41.1 Å². The Bertz CT molecular complexity index is 1350. The molecule has 1 saturated carbocycles. The summed E-state index contributed by atoms with van der Waals surface area (Å²) >= 11 is 1.32. The molecule has 1 aliphatic carbocycles. The van der Waals surface area contributed by atoms with Gasteiger partial charge in [0.1, 0.15) is 6.54 Å². The van der Waals surface area contributed by atoms with E-state index in [1.165, 1.54) is 11.8 Å². The molecule has 1 aliphatic rings. The van der Waals surface area contributed by atoms with E-state index in [2.05, 4.69) is 10.3 Å². The quantitative estimate of drug-likeness (QED) is 0.248. The van der Waals surface area contributed by atoms with Crippen LogP contribution in [-0.2, 0) is 30.6 Å². The summed E-state index contributed by atoms with van der Waals surface area (Å²) in [6, 6.07) is 12.2. The van der Waals surface area contributed by atoms with E-state index in [-0.39, 0.29) is 29.0 Å². The van der Waals surface area contributed by atoms with Gasteiger partial charge in [-0.1, -0.05) is 12.8 Å². The number of aliphatic carboxylic acids is 1. The molecule has 0 aliphatic heterocycles. The Kier molecular flexibility index (Phi) is 13.3. The first-order valence-corrected chi connectivity index (χ1v) is 15.4. The first-order chi connectivity index (χ1) is 19.7. The summed E-state index contributed by atoms with van der Waals surface area (Å²) in [5.41, 5.74) is 6.67. The van der Waals surface area contributed by atoms with Crippen LogP contribution in [0.5, 0.6) is 0 Å². The molecule has 2 aromatic rings. The Morgan fingerprint density at radius 2 is 1.71 bits per heavy atom. The van der Waals surface area contributed by atoms with Crippen molar-refractivity contribution in [3.8, 4) is 6.07 Å². The number of sulfone groups is 1. The van der Waals surface area contributed by atoms with Crippen LogP contribution >= 0.6 is 11.8 Å². The third-order valence-corrected chi connectivity index (χ3v) is 9.64. The monoisotopic (exact) mass is 628 g/mol. The number of nitrogens with zero attached hydrogens (tertiary/aromatic N) is 2. The average molecular weight is 629 g/mol. The topological polar surface area (TPSA) is 180 Å². The Labute approximate surface area is 245 Å². The van der Waals surface area contributed by atoms with E-state index in [0.29, 0.717) is 25.7 Å². The van der Waals surface area contributed by atoms with Gasteiger partial charge in [-0.2, -0.15) is 18.4 Å². The summed E-state index contributed by atoms with van der Waals surface area (Å²) in [6.45, 7) is -0.0806. The predicted octanol–water partition coefficient (Wildman–Crippen LogP) is 3.51. The fourth-order valence-corrected chi connectivity index (χ4v) is 7.06. The van der Waals surface area contributed by atoms with E-state index >= 15 is 0 Å². The summed E-state index contributed by atoms with van der Waals surface area (Å²) < 4.78 is 58.0. The number of aryl methyl sites for hydroxylation is 1. The van der Waals surface area contributed by atoms with Crippen LogP contribution in [0.4, 0.5) is 13.2 Å². The zero-order valence-corrected chi connectivity index (χ0v) is 24.1. The molecule has 0 radical (unpaired) electrons. The minimum absolute atomic E-state index is 0.0806. The predicted molar refractivity (Wildman–Crippen MR) is 148 cm³/mol. The van der Waals surface area contributed by atoms with Gasteiger partial charge < -0.3 is 16.2 Å². The number of carbonyl (C=O) groups excluding carboxylic acids is 2. The molecule has 15 heteroatoms. The smallest absolute Gasteiger partial charge is 0.475 e. The number of hydrogen-bond donors (Lipinski definition) is 3. The van der Waals surface area contributed by atoms with Crippen molar-refractivity contribution in [1.29, 1.82) is 5.26 Å². The minimum Gasteiger partial charge on any atom is -0.475 e. The molecule has 0 saturated heterocycles. The van der Waals surface area contributed by atoms with E-state index in [4.69, 9.17) is 20.9 Å². The number of carboxylic acid groups (broad SMARTS) is 1. The number of rotatable bonds is 11. The van der Waals surface area contributed by atoms with Gasteiger partial charge in [0, 0.05) is 23.2 Å². The molecule has 1 heterocycles. The van der Waals surface area contributed by atoms with Crippen LogP contribution < -0.4 is 11.1 Å². The molecule has 4 N–H and O–H groups in total. The van der Waals surface area contributed by atoms with Crippen molar-refractivity contribution in [1.82, 2.24) is 10.3 Å². The van der Waals surface area contributed by atoms with Gasteiger partial charge in [0.15, 0.2) is 9.84 Å². The van der Waals surface area contributed by atoms with Crippen LogP contribution in [0.15, 0.2) is 58.6 Å². The molecule has 1 aromatic heterocycles. The van der Waals surface area contributed by atoms with Gasteiger partial charge in [-0.05, 0) is 73.6 Å². The largest absolute Gasteiger partial charge is 0.490 e. The summed E-state index contributed by atoms with van der Waals surface area (Å²) in [7, 11) is -3.61. The second-order valence-corrected chi connectivity index (χ2v) is 12.8. The first-order valence-electron chi connectivity index (χ1n) is 12.9. The van der Waals surface area contributed by atoms with Crippen molar-refractivity contribution in [2.75, 3.05) is 12.3 Å². The van der Waals surface area contributed by atoms with Crippen molar-refractivity contribution in [2.24, 2.45) is 17.6 Å². The average Bonchev–Trinajstić information content (AvgIpc) is 2.94. The fraction of sp³-hybridized carbons (Fsp3) is 0.444. The van der Waals surface area contributed by atoms with Crippen LogP contribution in [0.2, 0.25) is 0 Å². The van der Waals surface area contributed by atoms with E-state index in [9.17, 15) is 31.2 Å². The lowest BCUT2D eigenvalue weighted by molar-refractivity contribution is -0.192. The Morgan fingerprint density at radius 3 is 2.26 bits per heavy atom. The lowest BCUT2D eigenvalue weighted by atomic mass is 9.80. The van der Waals surface area contributed by atoms with Gasteiger partial charge in [-0.15, -0.1) is 11.8 Å². The van der Waals surface area contributed by atoms with Gasteiger partial charge in [0.2, 0.25) is 11.8 Å². The van der Waals surface area contributed by atoms with Crippen LogP contribution in [0.1, 0.15) is 37.7 Å². The molecular formula is C27H31F3N4O6S2. The number of aromatic nitrogens is 1. The minimum atomic E-state index is -5.08. The van der Waals surface area contributed by atoms with E-state index in [1.807, 2.05) is 18.2 Å². The molecule has 1 fully saturated rings. The van der Waals surface area contributed by atoms with Crippen molar-refractivity contribution in [3.63, 3.8) is 0 Å². The summed E-state index contributed by atoms with van der Waals surface area (Å²) in [5.74, 6) is -4.22. The Morgan fingerprint density at radius 1 is 1.12 bits per heavy atom. The summed E-state index contributed by atoms with van der Waals surface area (Å²) in [4.78, 5) is 38.2. The van der Waals surface area contributed by atoms with E-state index in [0.717, 1.165) is 23.3 Å². The number of amides is 2. The van der Waals surface area contributed by atoms with Crippen LogP contribution in [-0.4, -0.2) is 60.0 Å². The lowest BCUT2D eigenvalue weighted by Gasteiger charge is -2.30. The molecular weight excluding hydrogens is 597 g/mol. The third-order valence-electron chi connectivity index (χ3n) is 6.49. The zero-order chi connectivity index (χ0) is 31.3. The number of alkyl halides is 3. The van der Waals surface area contributed by atoms with Crippen LogP contribution in [0, 0.1) is 23.2 Å². The second-order valence-electron chi connectivity index (χ2n) is 9.49. The number of benzene rings is 1.